The predicted octanol–water partition coefficient (Wildman–Crippen LogP) is 5.86. The Balaban J connectivity index is 1.47. The van der Waals surface area contributed by atoms with Crippen LogP contribution in [0.25, 0.3) is 0 Å². The van der Waals surface area contributed by atoms with Crippen molar-refractivity contribution in [2.75, 3.05) is 7.11 Å². The monoisotopic (exact) mass is 485 g/mol. The van der Waals surface area contributed by atoms with Gasteiger partial charge in [-0.15, -0.1) is 11.3 Å². The maximum absolute atomic E-state index is 13.5. The van der Waals surface area contributed by atoms with Crippen LogP contribution in [0.15, 0.2) is 94.7 Å². The number of methoxy groups -OCH3 is 1. The zero-order valence-corrected chi connectivity index (χ0v) is 20.6. The zero-order chi connectivity index (χ0) is 24.4. The van der Waals surface area contributed by atoms with E-state index in [-0.39, 0.29) is 11.7 Å². The Morgan fingerprint density at radius 2 is 1.80 bits per heavy atom. The first-order chi connectivity index (χ1) is 17.0. The van der Waals surface area contributed by atoms with Crippen LogP contribution >= 0.6 is 11.3 Å². The van der Waals surface area contributed by atoms with Crippen molar-refractivity contribution in [3.05, 3.63) is 111 Å². The highest BCUT2D eigenvalue weighted by molar-refractivity contribution is 7.10. The number of carbonyl (C=O) groups is 2. The van der Waals surface area contributed by atoms with E-state index in [9.17, 15) is 9.59 Å². The van der Waals surface area contributed by atoms with Gasteiger partial charge in [0, 0.05) is 40.1 Å². The minimum atomic E-state index is -0.473. The van der Waals surface area contributed by atoms with Crippen molar-refractivity contribution in [1.29, 1.82) is 0 Å². The Bertz CT molecular complexity index is 1290. The van der Waals surface area contributed by atoms with Gasteiger partial charge in [0.15, 0.2) is 5.78 Å². The van der Waals surface area contributed by atoms with Crippen molar-refractivity contribution >= 4 is 23.1 Å². The van der Waals surface area contributed by atoms with Crippen molar-refractivity contribution in [3.8, 4) is 5.75 Å². The van der Waals surface area contributed by atoms with E-state index in [2.05, 4.69) is 11.4 Å². The number of thiophene rings is 1. The second kappa shape index (κ2) is 9.92. The third-order valence-corrected chi connectivity index (χ3v) is 7.68. The molecule has 1 aromatic heterocycles. The van der Waals surface area contributed by atoms with E-state index in [1.807, 2.05) is 73.0 Å². The molecule has 6 heteroatoms. The van der Waals surface area contributed by atoms with Gasteiger partial charge in [0.25, 0.3) is 0 Å². The highest BCUT2D eigenvalue weighted by Crippen LogP contribution is 2.46. The second-order valence-corrected chi connectivity index (χ2v) is 9.85. The Kier molecular flexibility index (Phi) is 6.55. The van der Waals surface area contributed by atoms with E-state index in [1.165, 1.54) is 12.0 Å². The molecular formula is C29H27NO4S. The van der Waals surface area contributed by atoms with Crippen LogP contribution in [0.1, 0.15) is 47.6 Å². The van der Waals surface area contributed by atoms with Gasteiger partial charge in [0.05, 0.1) is 12.7 Å². The van der Waals surface area contributed by atoms with Crippen LogP contribution in [-0.4, -0.2) is 18.9 Å². The number of esters is 1. The van der Waals surface area contributed by atoms with E-state index in [0.29, 0.717) is 24.2 Å². The summed E-state index contributed by atoms with van der Waals surface area (Å²) in [6.45, 7) is 2.34. The van der Waals surface area contributed by atoms with Crippen LogP contribution < -0.4 is 10.1 Å². The van der Waals surface area contributed by atoms with Crippen LogP contribution in [0.3, 0.4) is 0 Å². The standard InChI is InChI=1S/C29H27NO4S/c1-18-26(29(32)33-2)27(20-10-12-22(13-11-20)34-17-19-7-4-3-5-8-19)28-23(30-18)15-21(16-24(28)31)25-9-6-14-35-25/h3-14,21,27,30H,15-17H2,1-2H3/t21-,27+/m1/s1. The van der Waals surface area contributed by atoms with Gasteiger partial charge in [-0.05, 0) is 48.1 Å². The Morgan fingerprint density at radius 1 is 1.03 bits per heavy atom. The molecular weight excluding hydrogens is 458 g/mol. The summed E-state index contributed by atoms with van der Waals surface area (Å²) in [7, 11) is 1.37. The van der Waals surface area contributed by atoms with Crippen molar-refractivity contribution in [2.45, 2.75) is 38.2 Å². The summed E-state index contributed by atoms with van der Waals surface area (Å²) in [5, 5.41) is 5.42. The molecule has 2 aliphatic rings. The number of ketones is 1. The summed E-state index contributed by atoms with van der Waals surface area (Å²) in [6, 6.07) is 21.8. The number of dihydropyridines is 1. The number of nitrogens with one attached hydrogen (secondary N) is 1. The smallest absolute Gasteiger partial charge is 0.336 e. The summed E-state index contributed by atoms with van der Waals surface area (Å²) in [5.41, 5.74) is 4.73. The lowest BCUT2D eigenvalue weighted by atomic mass is 9.72. The minimum absolute atomic E-state index is 0.0699. The number of allylic oxidation sites excluding steroid dienone is 3. The molecule has 1 aliphatic carbocycles. The molecule has 35 heavy (non-hydrogen) atoms. The van der Waals surface area contributed by atoms with Crippen molar-refractivity contribution in [1.82, 2.24) is 5.32 Å². The average Bonchev–Trinajstić information content (AvgIpc) is 3.42. The summed E-state index contributed by atoms with van der Waals surface area (Å²) < 4.78 is 11.1. The molecule has 5 nitrogen and oxygen atoms in total. The van der Waals surface area contributed by atoms with Crippen LogP contribution in [0.2, 0.25) is 0 Å². The normalized spacial score (nSPS) is 19.8. The molecule has 5 rings (SSSR count). The fourth-order valence-corrected chi connectivity index (χ4v) is 5.81. The molecule has 0 amide bonds. The molecule has 0 saturated carbocycles. The largest absolute Gasteiger partial charge is 0.489 e. The molecule has 178 valence electrons. The molecule has 0 radical (unpaired) electrons. The number of rotatable bonds is 6. The predicted molar refractivity (Wildman–Crippen MR) is 136 cm³/mol. The van der Waals surface area contributed by atoms with Gasteiger partial charge in [-0.3, -0.25) is 4.79 Å². The van der Waals surface area contributed by atoms with Crippen LogP contribution in [-0.2, 0) is 20.9 Å². The Hall–Kier alpha value is -3.64. The fraction of sp³-hybridized carbons (Fsp3) is 0.241. The van der Waals surface area contributed by atoms with E-state index in [1.54, 1.807) is 11.3 Å². The molecule has 0 bridgehead atoms. The quantitative estimate of drug-likeness (QED) is 0.443. The second-order valence-electron chi connectivity index (χ2n) is 8.87. The number of Topliss-reactive ketones (excluding diaryl/α,β-unsaturated/α-hetero) is 1. The van der Waals surface area contributed by atoms with Crippen LogP contribution in [0.4, 0.5) is 0 Å². The summed E-state index contributed by atoms with van der Waals surface area (Å²) in [5.74, 6) is 0.0488. The third-order valence-electron chi connectivity index (χ3n) is 6.64. The zero-order valence-electron chi connectivity index (χ0n) is 19.7. The lowest BCUT2D eigenvalue weighted by molar-refractivity contribution is -0.136. The minimum Gasteiger partial charge on any atom is -0.489 e. The molecule has 0 unspecified atom stereocenters. The van der Waals surface area contributed by atoms with Gasteiger partial charge in [-0.25, -0.2) is 4.79 Å². The highest BCUT2D eigenvalue weighted by atomic mass is 32.1. The number of ether oxygens (including phenoxy) is 2. The Labute approximate surface area is 209 Å². The molecule has 0 saturated heterocycles. The topological polar surface area (TPSA) is 64.6 Å². The summed E-state index contributed by atoms with van der Waals surface area (Å²) >= 11 is 1.68. The van der Waals surface area contributed by atoms with Crippen LogP contribution in [0.5, 0.6) is 5.75 Å². The summed E-state index contributed by atoms with van der Waals surface area (Å²) in [6.07, 6.45) is 1.17. The lowest BCUT2D eigenvalue weighted by Gasteiger charge is -2.36. The van der Waals surface area contributed by atoms with E-state index in [0.717, 1.165) is 34.7 Å². The van der Waals surface area contributed by atoms with Gasteiger partial charge >= 0.3 is 5.97 Å². The van der Waals surface area contributed by atoms with Crippen molar-refractivity contribution in [2.24, 2.45) is 0 Å². The molecule has 1 N–H and O–H groups in total. The van der Waals surface area contributed by atoms with Gasteiger partial charge in [0.2, 0.25) is 0 Å². The lowest BCUT2D eigenvalue weighted by Crippen LogP contribution is -2.35. The molecule has 2 atom stereocenters. The van der Waals surface area contributed by atoms with Gasteiger partial charge in [0.1, 0.15) is 12.4 Å². The van der Waals surface area contributed by atoms with E-state index >= 15 is 0 Å². The molecule has 1 aliphatic heterocycles. The fourth-order valence-electron chi connectivity index (χ4n) is 4.98. The molecule has 3 aromatic rings. The number of hydrogen-bond donors (Lipinski definition) is 1. The van der Waals surface area contributed by atoms with Crippen molar-refractivity contribution < 1.29 is 19.1 Å². The first-order valence-corrected chi connectivity index (χ1v) is 12.6. The van der Waals surface area contributed by atoms with Crippen molar-refractivity contribution in [3.63, 3.8) is 0 Å². The molecule has 2 heterocycles. The number of hydrogen-bond acceptors (Lipinski definition) is 6. The average molecular weight is 486 g/mol. The number of carbonyl (C=O) groups excluding carboxylic acids is 2. The molecule has 0 fully saturated rings. The maximum Gasteiger partial charge on any atom is 0.336 e. The van der Waals surface area contributed by atoms with Gasteiger partial charge in [-0.2, -0.15) is 0 Å². The third kappa shape index (κ3) is 4.66. The van der Waals surface area contributed by atoms with E-state index < -0.39 is 11.9 Å². The maximum atomic E-state index is 13.5. The highest BCUT2D eigenvalue weighted by Gasteiger charge is 2.41. The first-order valence-electron chi connectivity index (χ1n) is 11.7. The first kappa shape index (κ1) is 23.1. The van der Waals surface area contributed by atoms with Gasteiger partial charge < -0.3 is 14.8 Å². The van der Waals surface area contributed by atoms with E-state index in [4.69, 9.17) is 9.47 Å². The number of benzene rings is 2. The Morgan fingerprint density at radius 3 is 2.49 bits per heavy atom. The SMILES string of the molecule is COC(=O)C1=C(C)NC2=C(C(=O)C[C@H](c3cccs3)C2)[C@H]1c1ccc(OCc2ccccc2)cc1. The molecule has 0 spiro atoms. The van der Waals surface area contributed by atoms with Gasteiger partial charge in [-0.1, -0.05) is 48.5 Å². The summed E-state index contributed by atoms with van der Waals surface area (Å²) in [4.78, 5) is 27.6. The molecule has 2 aromatic carbocycles. The van der Waals surface area contributed by atoms with Crippen LogP contribution in [0, 0.1) is 0 Å².